The molecular weight excluding hydrogens is 589 g/mol. The molecule has 0 aliphatic rings. The van der Waals surface area contributed by atoms with Crippen LogP contribution in [-0.4, -0.2) is 34.2 Å². The summed E-state index contributed by atoms with van der Waals surface area (Å²) in [6.45, 7) is -0.359. The van der Waals surface area contributed by atoms with Crippen LogP contribution in [0.15, 0.2) is 80.9 Å². The number of halogens is 3. The van der Waals surface area contributed by atoms with Crippen LogP contribution in [0.4, 0.5) is 13.2 Å². The zero-order chi connectivity index (χ0) is 30.7. The second-order valence-electron chi connectivity index (χ2n) is 9.59. The number of fused-ring (bicyclic) bond motifs is 1. The summed E-state index contributed by atoms with van der Waals surface area (Å²) in [5, 5.41) is 13.2. The summed E-state index contributed by atoms with van der Waals surface area (Å²) in [7, 11) is -4.26. The molecule has 5 aromatic rings. The monoisotopic (exact) mass is 612 g/mol. The maximum absolute atomic E-state index is 13.6. The van der Waals surface area contributed by atoms with Crippen LogP contribution >= 0.6 is 0 Å². The van der Waals surface area contributed by atoms with Crippen LogP contribution in [-0.2, 0) is 27.8 Å². The van der Waals surface area contributed by atoms with Crippen molar-refractivity contribution < 1.29 is 36.0 Å². The Balaban J connectivity index is 1.43. The standard InChI is InChI=1S/C29H23F3N4O6S/c30-18-6-8-21(9-7-18)36-27(3-1-2-4-28(37)38)34-26-11-17(5-10-24(26)29(36)39)25-15-22(42-35-25)16-33-43(40,41)23-13-19(31)12-20(32)14-23/h5-15,33H,1-4,16H2,(H,37,38). The normalized spacial score (nSPS) is 11.7. The topological polar surface area (TPSA) is 144 Å². The Labute approximate surface area is 242 Å². The zero-order valence-corrected chi connectivity index (χ0v) is 23.1. The van der Waals surface area contributed by atoms with Crippen LogP contribution in [0.2, 0.25) is 0 Å². The first-order valence-electron chi connectivity index (χ1n) is 13.0. The summed E-state index contributed by atoms with van der Waals surface area (Å²) in [5.41, 5.74) is 1.14. The number of nitrogens with one attached hydrogen (secondary N) is 1. The highest BCUT2D eigenvalue weighted by atomic mass is 32.2. The van der Waals surface area contributed by atoms with Gasteiger partial charge in [0.25, 0.3) is 5.56 Å². The number of hydrogen-bond donors (Lipinski definition) is 2. The van der Waals surface area contributed by atoms with Crippen molar-refractivity contribution in [3.63, 3.8) is 0 Å². The van der Waals surface area contributed by atoms with Crippen LogP contribution < -0.4 is 10.3 Å². The van der Waals surface area contributed by atoms with Crippen molar-refractivity contribution >= 4 is 26.9 Å². The van der Waals surface area contributed by atoms with Crippen LogP contribution in [0.25, 0.3) is 27.8 Å². The summed E-state index contributed by atoms with van der Waals surface area (Å²) in [4.78, 5) is 28.6. The molecule has 0 radical (unpaired) electrons. The van der Waals surface area contributed by atoms with E-state index >= 15 is 0 Å². The molecule has 222 valence electrons. The van der Waals surface area contributed by atoms with Gasteiger partial charge in [0.1, 0.15) is 29.0 Å². The quantitative estimate of drug-likeness (QED) is 0.204. The molecule has 2 heterocycles. The summed E-state index contributed by atoms with van der Waals surface area (Å²) >= 11 is 0. The minimum Gasteiger partial charge on any atom is -0.481 e. The molecule has 14 heteroatoms. The van der Waals surface area contributed by atoms with E-state index in [0.29, 0.717) is 59.3 Å². The molecule has 0 aliphatic carbocycles. The number of carboxylic acids is 1. The van der Waals surface area contributed by atoms with Crippen molar-refractivity contribution in [1.29, 1.82) is 0 Å². The molecule has 0 fully saturated rings. The lowest BCUT2D eigenvalue weighted by Crippen LogP contribution is -2.24. The number of hydrogen-bond acceptors (Lipinski definition) is 7. The van der Waals surface area contributed by atoms with Crippen molar-refractivity contribution in [2.45, 2.75) is 37.1 Å². The largest absolute Gasteiger partial charge is 0.481 e. The van der Waals surface area contributed by atoms with E-state index in [2.05, 4.69) is 14.9 Å². The van der Waals surface area contributed by atoms with Gasteiger partial charge in [-0.05, 0) is 61.4 Å². The first kappa shape index (κ1) is 29.7. The fourth-order valence-corrected chi connectivity index (χ4v) is 5.47. The van der Waals surface area contributed by atoms with Gasteiger partial charge in [0.2, 0.25) is 10.0 Å². The Bertz CT molecular complexity index is 1970. The lowest BCUT2D eigenvalue weighted by Gasteiger charge is -2.14. The number of unbranched alkanes of at least 4 members (excludes halogenated alkanes) is 1. The van der Waals surface area contributed by atoms with Crippen LogP contribution in [0, 0.1) is 17.5 Å². The highest BCUT2D eigenvalue weighted by Gasteiger charge is 2.19. The molecule has 0 amide bonds. The number of sulfonamides is 1. The number of nitrogens with zero attached hydrogens (tertiary/aromatic N) is 3. The third-order valence-corrected chi connectivity index (χ3v) is 7.88. The van der Waals surface area contributed by atoms with Gasteiger partial charge >= 0.3 is 5.97 Å². The lowest BCUT2D eigenvalue weighted by atomic mass is 10.1. The molecule has 0 aliphatic heterocycles. The molecule has 0 atom stereocenters. The van der Waals surface area contributed by atoms with E-state index in [0.717, 1.165) is 0 Å². The smallest absolute Gasteiger partial charge is 0.303 e. The Morgan fingerprint density at radius 1 is 0.930 bits per heavy atom. The molecule has 0 bridgehead atoms. The molecule has 0 saturated heterocycles. The molecule has 5 rings (SSSR count). The molecule has 10 nitrogen and oxygen atoms in total. The van der Waals surface area contributed by atoms with Gasteiger partial charge < -0.3 is 9.63 Å². The second kappa shape index (κ2) is 12.2. The molecule has 2 N–H and O–H groups in total. The van der Waals surface area contributed by atoms with Crippen LogP contribution in [0.5, 0.6) is 0 Å². The van der Waals surface area contributed by atoms with Gasteiger partial charge in [0, 0.05) is 30.5 Å². The van der Waals surface area contributed by atoms with Gasteiger partial charge in [-0.3, -0.25) is 14.2 Å². The first-order chi connectivity index (χ1) is 20.5. The Morgan fingerprint density at radius 3 is 2.35 bits per heavy atom. The first-order valence-corrected chi connectivity index (χ1v) is 14.4. The summed E-state index contributed by atoms with van der Waals surface area (Å²) in [5.74, 6) is -3.03. The number of aryl methyl sites for hydroxylation is 1. The van der Waals surface area contributed by atoms with Crippen LogP contribution in [0.3, 0.4) is 0 Å². The van der Waals surface area contributed by atoms with Crippen molar-refractivity contribution in [2.24, 2.45) is 0 Å². The molecule has 43 heavy (non-hydrogen) atoms. The minimum atomic E-state index is -4.26. The fraction of sp³-hybridized carbons (Fsp3) is 0.172. The highest BCUT2D eigenvalue weighted by molar-refractivity contribution is 7.89. The van der Waals surface area contributed by atoms with Crippen molar-refractivity contribution in [3.05, 3.63) is 106 Å². The molecule has 0 spiro atoms. The predicted octanol–water partition coefficient (Wildman–Crippen LogP) is 4.73. The van der Waals surface area contributed by atoms with Gasteiger partial charge in [0.05, 0.1) is 28.0 Å². The number of benzene rings is 3. The maximum Gasteiger partial charge on any atom is 0.303 e. The number of aromatic nitrogens is 3. The highest BCUT2D eigenvalue weighted by Crippen LogP contribution is 2.24. The lowest BCUT2D eigenvalue weighted by molar-refractivity contribution is -0.137. The van der Waals surface area contributed by atoms with Gasteiger partial charge in [-0.2, -0.15) is 0 Å². The van der Waals surface area contributed by atoms with E-state index in [-0.39, 0.29) is 30.5 Å². The number of carbonyl (C=O) groups is 1. The van der Waals surface area contributed by atoms with E-state index in [1.54, 1.807) is 18.2 Å². The maximum atomic E-state index is 13.6. The van der Waals surface area contributed by atoms with Gasteiger partial charge in [-0.15, -0.1) is 0 Å². The third kappa shape index (κ3) is 6.81. The molecule has 0 unspecified atom stereocenters. The second-order valence-corrected chi connectivity index (χ2v) is 11.4. The minimum absolute atomic E-state index is 0.0394. The van der Waals surface area contributed by atoms with Crippen molar-refractivity contribution in [2.75, 3.05) is 0 Å². The molecule has 2 aromatic heterocycles. The molecule has 0 saturated carbocycles. The van der Waals surface area contributed by atoms with E-state index in [1.807, 2.05) is 0 Å². The van der Waals surface area contributed by atoms with Gasteiger partial charge in [-0.25, -0.2) is 31.3 Å². The van der Waals surface area contributed by atoms with E-state index in [4.69, 9.17) is 9.63 Å². The summed E-state index contributed by atoms with van der Waals surface area (Å²) in [6.07, 6.45) is 1.05. The van der Waals surface area contributed by atoms with Gasteiger partial charge in [0.15, 0.2) is 5.76 Å². The third-order valence-electron chi connectivity index (χ3n) is 6.50. The fourth-order valence-electron chi connectivity index (χ4n) is 4.44. The number of carboxylic acid groups (broad SMARTS) is 1. The van der Waals surface area contributed by atoms with Gasteiger partial charge in [-0.1, -0.05) is 11.2 Å². The Morgan fingerprint density at radius 2 is 1.65 bits per heavy atom. The molecular formula is C29H23F3N4O6S. The number of aliphatic carboxylic acids is 1. The average molecular weight is 613 g/mol. The van der Waals surface area contributed by atoms with E-state index < -0.39 is 43.9 Å². The number of rotatable bonds is 11. The zero-order valence-electron chi connectivity index (χ0n) is 22.3. The van der Waals surface area contributed by atoms with Crippen molar-refractivity contribution in [1.82, 2.24) is 19.4 Å². The van der Waals surface area contributed by atoms with E-state index in [1.165, 1.54) is 34.9 Å². The summed E-state index contributed by atoms with van der Waals surface area (Å²) in [6, 6.07) is 13.5. The Kier molecular flexibility index (Phi) is 8.41. The predicted molar refractivity (Wildman–Crippen MR) is 148 cm³/mol. The Hall–Kier alpha value is -4.82. The van der Waals surface area contributed by atoms with E-state index in [9.17, 15) is 31.2 Å². The summed E-state index contributed by atoms with van der Waals surface area (Å²) < 4.78 is 74.3. The average Bonchev–Trinajstić information content (AvgIpc) is 3.44. The van der Waals surface area contributed by atoms with Crippen LogP contribution in [0.1, 0.15) is 30.8 Å². The van der Waals surface area contributed by atoms with Crippen molar-refractivity contribution in [3.8, 4) is 16.9 Å². The SMILES string of the molecule is O=C(O)CCCCc1nc2cc(-c3cc(CNS(=O)(=O)c4cc(F)cc(F)c4)on3)ccc2c(=O)n1-c1ccc(F)cc1. The molecule has 3 aromatic carbocycles.